The Balaban J connectivity index is -0.0000000184. The summed E-state index contributed by atoms with van der Waals surface area (Å²) in [4.78, 5) is 26.1. The minimum atomic E-state index is -2.33. The number of carbonyl (C=O) groups excluding carboxylic acids is 3. The van der Waals surface area contributed by atoms with Gasteiger partial charge in [0, 0.05) is 11.9 Å². The first-order valence-corrected chi connectivity index (χ1v) is 2.43. The zero-order valence-corrected chi connectivity index (χ0v) is 15.3. The van der Waals surface area contributed by atoms with Crippen molar-refractivity contribution in [3.05, 3.63) is 0 Å². The van der Waals surface area contributed by atoms with Gasteiger partial charge in [0.25, 0.3) is 0 Å². The number of rotatable bonds is 0. The van der Waals surface area contributed by atoms with Gasteiger partial charge in [0.15, 0.2) is 0 Å². The molecule has 0 amide bonds. The van der Waals surface area contributed by atoms with Crippen LogP contribution in [0.25, 0.3) is 0 Å². The van der Waals surface area contributed by atoms with Gasteiger partial charge in [-0.25, -0.2) is 0 Å². The maximum atomic E-state index is 8.89. The summed E-state index contributed by atoms with van der Waals surface area (Å²) in [7, 11) is 0. The second-order valence-corrected chi connectivity index (χ2v) is 1.23. The molecule has 10 heteroatoms. The SMILES string of the molecule is CC(=O)[O-].CC(=O)[O-].O=C([O-])[O-].[Ca+2].[Na+].[Na+]. The molecular weight excluding hydrogens is 258 g/mol. The second-order valence-electron chi connectivity index (χ2n) is 1.23. The molecule has 0 aromatic carbocycles. The van der Waals surface area contributed by atoms with Crippen LogP contribution in [0.5, 0.6) is 0 Å². The van der Waals surface area contributed by atoms with E-state index < -0.39 is 18.1 Å². The molecule has 0 aliphatic heterocycles. The van der Waals surface area contributed by atoms with Crippen LogP contribution < -0.4 is 79.5 Å². The number of carbonyl (C=O) groups is 3. The van der Waals surface area contributed by atoms with Crippen molar-refractivity contribution in [2.24, 2.45) is 0 Å². The Morgan fingerprint density at radius 3 is 0.733 bits per heavy atom. The van der Waals surface area contributed by atoms with Gasteiger partial charge in [-0.2, -0.15) is 0 Å². The second kappa shape index (κ2) is 29.5. The van der Waals surface area contributed by atoms with Crippen LogP contribution in [0.2, 0.25) is 0 Å². The summed E-state index contributed by atoms with van der Waals surface area (Å²) in [6.45, 7) is 1.94. The van der Waals surface area contributed by atoms with Crippen molar-refractivity contribution in [3.63, 3.8) is 0 Å². The van der Waals surface area contributed by atoms with Crippen molar-refractivity contribution in [3.8, 4) is 0 Å². The van der Waals surface area contributed by atoms with Crippen molar-refractivity contribution in [2.75, 3.05) is 0 Å². The van der Waals surface area contributed by atoms with E-state index in [1.54, 1.807) is 0 Å². The quantitative estimate of drug-likeness (QED) is 0.395. The summed E-state index contributed by atoms with van der Waals surface area (Å²) in [5.74, 6) is -2.17. The van der Waals surface area contributed by atoms with Crippen LogP contribution in [0.15, 0.2) is 0 Å². The van der Waals surface area contributed by atoms with Crippen LogP contribution in [0.3, 0.4) is 0 Å². The van der Waals surface area contributed by atoms with E-state index in [0.29, 0.717) is 0 Å². The van der Waals surface area contributed by atoms with E-state index in [1.165, 1.54) is 0 Å². The van der Waals surface area contributed by atoms with Crippen LogP contribution in [-0.2, 0) is 9.59 Å². The van der Waals surface area contributed by atoms with Gasteiger partial charge < -0.3 is 34.8 Å². The molecule has 0 atom stereocenters. The molecule has 72 valence electrons. The number of hydrogen-bond donors (Lipinski definition) is 0. The van der Waals surface area contributed by atoms with Crippen LogP contribution in [0.1, 0.15) is 13.8 Å². The minimum absolute atomic E-state index is 0. The van der Waals surface area contributed by atoms with Gasteiger partial charge >= 0.3 is 96.9 Å². The molecule has 0 radical (unpaired) electrons. The van der Waals surface area contributed by atoms with Crippen molar-refractivity contribution < 1.29 is 93.9 Å². The molecule has 0 spiro atoms. The van der Waals surface area contributed by atoms with E-state index in [9.17, 15) is 0 Å². The Bertz CT molecular complexity index is 123. The largest absolute Gasteiger partial charge is 2.00 e. The van der Waals surface area contributed by atoms with E-state index in [0.717, 1.165) is 13.8 Å². The number of carboxylic acids is 2. The molecule has 0 saturated heterocycles. The summed E-state index contributed by atoms with van der Waals surface area (Å²) < 4.78 is 0. The molecule has 0 aliphatic rings. The third-order valence-electron chi connectivity index (χ3n) is 0. The molecule has 0 rings (SSSR count). The van der Waals surface area contributed by atoms with Gasteiger partial charge in [-0.15, -0.1) is 0 Å². The zero-order chi connectivity index (χ0) is 10.7. The van der Waals surface area contributed by atoms with Crippen LogP contribution in [-0.4, -0.2) is 55.8 Å². The molecule has 15 heavy (non-hydrogen) atoms. The van der Waals surface area contributed by atoms with Gasteiger partial charge in [0.2, 0.25) is 0 Å². The third kappa shape index (κ3) is 1300. The fourth-order valence-electron chi connectivity index (χ4n) is 0. The molecule has 0 heterocycles. The predicted molar refractivity (Wildman–Crippen MR) is 32.5 cm³/mol. The molecule has 0 unspecified atom stereocenters. The standard InChI is InChI=1S/2C2H4O2.CH2O3.Ca.2Na/c2*1-2(3)4;2-1(3)4;;;/h2*1H3,(H,3,4);(H2,2,3,4);;;/q;;;+2;2*+1/p-4. The monoisotopic (exact) mass is 264 g/mol. The van der Waals surface area contributed by atoms with Gasteiger partial charge in [0.1, 0.15) is 0 Å². The molecule has 0 bridgehead atoms. The van der Waals surface area contributed by atoms with E-state index in [2.05, 4.69) is 0 Å². The molecule has 0 aromatic rings. The maximum Gasteiger partial charge on any atom is 2.00 e. The molecule has 7 nitrogen and oxygen atoms in total. The smallest absolute Gasteiger partial charge is 0.652 e. The summed E-state index contributed by atoms with van der Waals surface area (Å²) in [5.41, 5.74) is 0. The van der Waals surface area contributed by atoms with Gasteiger partial charge in [0.05, 0.1) is 0 Å². The average molecular weight is 264 g/mol. The van der Waals surface area contributed by atoms with Gasteiger partial charge in [-0.3, -0.25) is 0 Å². The molecular formula is C5H6CaNa2O7. The minimum Gasteiger partial charge on any atom is -0.652 e. The van der Waals surface area contributed by atoms with Crippen molar-refractivity contribution in [1.82, 2.24) is 0 Å². The van der Waals surface area contributed by atoms with Gasteiger partial charge in [-0.05, 0) is 20.0 Å². The third-order valence-corrected chi connectivity index (χ3v) is 0. The average Bonchev–Trinajstić information content (AvgIpc) is 1.54. The van der Waals surface area contributed by atoms with E-state index in [-0.39, 0.29) is 96.9 Å². The number of carboxylic acid groups (broad SMARTS) is 4. The van der Waals surface area contributed by atoms with E-state index in [4.69, 9.17) is 34.8 Å². The fraction of sp³-hybridized carbons (Fsp3) is 0.400. The Kier molecular flexibility index (Phi) is 70.8. The normalized spacial score (nSPS) is 4.93. The maximum absolute atomic E-state index is 8.89. The summed E-state index contributed by atoms with van der Waals surface area (Å²) in [6.07, 6.45) is -2.33. The van der Waals surface area contributed by atoms with Gasteiger partial charge in [-0.1, -0.05) is 0 Å². The Morgan fingerprint density at radius 2 is 0.733 bits per heavy atom. The first-order chi connectivity index (χ1) is 5.20. The molecule has 0 saturated carbocycles. The fourth-order valence-corrected chi connectivity index (χ4v) is 0. The molecule has 0 fully saturated rings. The van der Waals surface area contributed by atoms with Crippen LogP contribution >= 0.6 is 0 Å². The topological polar surface area (TPSA) is 143 Å². The van der Waals surface area contributed by atoms with Crippen LogP contribution in [0, 0.1) is 0 Å². The van der Waals surface area contributed by atoms with E-state index >= 15 is 0 Å². The van der Waals surface area contributed by atoms with Crippen molar-refractivity contribution in [2.45, 2.75) is 13.8 Å². The van der Waals surface area contributed by atoms with Crippen molar-refractivity contribution in [1.29, 1.82) is 0 Å². The molecule has 0 aliphatic carbocycles. The molecule has 0 N–H and O–H groups in total. The van der Waals surface area contributed by atoms with Crippen LogP contribution in [0.4, 0.5) is 4.79 Å². The van der Waals surface area contributed by atoms with E-state index in [1.807, 2.05) is 0 Å². The van der Waals surface area contributed by atoms with Crippen molar-refractivity contribution >= 4 is 55.8 Å². The predicted octanol–water partition coefficient (Wildman–Crippen LogP) is -11.3. The number of hydrogen-bond acceptors (Lipinski definition) is 7. The molecule has 0 aromatic heterocycles. The number of aliphatic carboxylic acids is 2. The summed E-state index contributed by atoms with van der Waals surface area (Å²) in [6, 6.07) is 0. The summed E-state index contributed by atoms with van der Waals surface area (Å²) >= 11 is 0. The Hall–Kier alpha value is 1.47. The Labute approximate surface area is 161 Å². The zero-order valence-electron chi connectivity index (χ0n) is 9.06. The first-order valence-electron chi connectivity index (χ1n) is 2.43. The first kappa shape index (κ1) is 36.0. The summed E-state index contributed by atoms with van der Waals surface area (Å²) in [5, 5.41) is 34.4. The Morgan fingerprint density at radius 1 is 0.733 bits per heavy atom.